The van der Waals surface area contributed by atoms with Gasteiger partial charge in [-0.05, 0) is 67.4 Å². The zero-order chi connectivity index (χ0) is 19.9. The summed E-state index contributed by atoms with van der Waals surface area (Å²) in [4.78, 5) is 2.27. The SMILES string of the molecule is COc1ccc(C2(O)CN(c3cccc(C)c3C)C3=[N+]2CCCS3)cc1OC. The molecule has 1 N–H and O–H groups in total. The summed E-state index contributed by atoms with van der Waals surface area (Å²) in [6.45, 7) is 5.59. The third-order valence-electron chi connectivity index (χ3n) is 5.76. The van der Waals surface area contributed by atoms with Crippen LogP contribution >= 0.6 is 11.8 Å². The lowest BCUT2D eigenvalue weighted by molar-refractivity contribution is -0.656. The molecule has 2 heterocycles. The number of hydrogen-bond donors (Lipinski definition) is 1. The van der Waals surface area contributed by atoms with Crippen LogP contribution in [0.3, 0.4) is 0 Å². The van der Waals surface area contributed by atoms with Crippen LogP contribution in [0, 0.1) is 13.8 Å². The molecule has 4 rings (SSSR count). The van der Waals surface area contributed by atoms with Crippen molar-refractivity contribution in [2.24, 2.45) is 0 Å². The van der Waals surface area contributed by atoms with Crippen LogP contribution in [-0.2, 0) is 5.72 Å². The van der Waals surface area contributed by atoms with Crippen molar-refractivity contribution in [3.05, 3.63) is 53.1 Å². The Labute approximate surface area is 170 Å². The third-order valence-corrected chi connectivity index (χ3v) is 6.95. The first-order valence-electron chi connectivity index (χ1n) is 9.55. The van der Waals surface area contributed by atoms with Gasteiger partial charge in [-0.15, -0.1) is 0 Å². The highest BCUT2D eigenvalue weighted by Crippen LogP contribution is 2.41. The average Bonchev–Trinajstić information content (AvgIpc) is 3.03. The predicted molar refractivity (Wildman–Crippen MR) is 114 cm³/mol. The first-order chi connectivity index (χ1) is 13.5. The summed E-state index contributed by atoms with van der Waals surface area (Å²) >= 11 is 1.82. The number of thioether (sulfide) groups is 1. The summed E-state index contributed by atoms with van der Waals surface area (Å²) in [6.07, 6.45) is 1.05. The Morgan fingerprint density at radius 3 is 2.64 bits per heavy atom. The van der Waals surface area contributed by atoms with Crippen molar-refractivity contribution in [3.8, 4) is 11.5 Å². The minimum absolute atomic E-state index is 0.481. The molecule has 28 heavy (non-hydrogen) atoms. The van der Waals surface area contributed by atoms with E-state index >= 15 is 0 Å². The predicted octanol–water partition coefficient (Wildman–Crippen LogP) is 3.49. The van der Waals surface area contributed by atoms with E-state index in [9.17, 15) is 5.11 Å². The van der Waals surface area contributed by atoms with Crippen molar-refractivity contribution >= 4 is 22.6 Å². The van der Waals surface area contributed by atoms with Crippen LogP contribution in [-0.4, -0.2) is 47.9 Å². The standard InChI is InChI=1S/C22H27N2O3S/c1-15-7-5-8-18(16(15)2)23-14-22(25,24-11-6-12-28-21(23)24)17-9-10-19(26-3)20(13-17)27-4/h5,7-10,13,25H,6,11-12,14H2,1-4H3/q+1. The summed E-state index contributed by atoms with van der Waals surface area (Å²) in [7, 11) is 3.24. The minimum Gasteiger partial charge on any atom is -0.493 e. The van der Waals surface area contributed by atoms with Crippen LogP contribution < -0.4 is 14.4 Å². The summed E-state index contributed by atoms with van der Waals surface area (Å²) < 4.78 is 13.0. The number of benzene rings is 2. The largest absolute Gasteiger partial charge is 0.493 e. The molecule has 0 spiro atoms. The van der Waals surface area contributed by atoms with E-state index in [1.165, 1.54) is 11.1 Å². The van der Waals surface area contributed by atoms with Gasteiger partial charge in [0.2, 0.25) is 0 Å². The molecule has 2 aliphatic rings. The van der Waals surface area contributed by atoms with Crippen LogP contribution in [0.25, 0.3) is 0 Å². The van der Waals surface area contributed by atoms with Gasteiger partial charge in [0, 0.05) is 11.3 Å². The Balaban J connectivity index is 1.82. The molecule has 0 saturated heterocycles. The van der Waals surface area contributed by atoms with Crippen molar-refractivity contribution in [1.29, 1.82) is 0 Å². The second-order valence-corrected chi connectivity index (χ2v) is 8.39. The molecule has 148 valence electrons. The Morgan fingerprint density at radius 1 is 1.11 bits per heavy atom. The number of β-amino-alcohol motifs (C(OH)–C–C–N with tert-alkyl or cyclic N) is 1. The molecule has 0 bridgehead atoms. The zero-order valence-corrected chi connectivity index (χ0v) is 17.7. The molecule has 2 aromatic carbocycles. The molecular formula is C22H27N2O3S+. The number of hydrogen-bond acceptors (Lipinski definition) is 5. The summed E-state index contributed by atoms with van der Waals surface area (Å²) in [5.41, 5.74) is 3.37. The summed E-state index contributed by atoms with van der Waals surface area (Å²) in [6, 6.07) is 12.1. The number of rotatable bonds is 4. The van der Waals surface area contributed by atoms with Crippen molar-refractivity contribution in [2.75, 3.05) is 38.0 Å². The molecule has 1 atom stereocenters. The maximum atomic E-state index is 11.9. The van der Waals surface area contributed by atoms with Crippen molar-refractivity contribution in [2.45, 2.75) is 26.0 Å². The molecule has 5 nitrogen and oxygen atoms in total. The molecule has 0 aliphatic carbocycles. The molecule has 0 saturated carbocycles. The quantitative estimate of drug-likeness (QED) is 0.798. The zero-order valence-electron chi connectivity index (χ0n) is 16.9. The lowest BCUT2D eigenvalue weighted by Gasteiger charge is -2.25. The van der Waals surface area contributed by atoms with Crippen molar-refractivity contribution in [3.63, 3.8) is 0 Å². The van der Waals surface area contributed by atoms with E-state index in [-0.39, 0.29) is 0 Å². The fourth-order valence-corrected chi connectivity index (χ4v) is 5.22. The fourth-order valence-electron chi connectivity index (χ4n) is 4.05. The fraction of sp³-hybridized carbons (Fsp3) is 0.409. The normalized spacial score (nSPS) is 21.7. The lowest BCUT2D eigenvalue weighted by atomic mass is 10.0. The number of aliphatic hydroxyl groups is 1. The number of amidine groups is 1. The molecule has 0 amide bonds. The van der Waals surface area contributed by atoms with Gasteiger partial charge in [-0.1, -0.05) is 12.1 Å². The van der Waals surface area contributed by atoms with E-state index in [0.717, 1.165) is 35.1 Å². The van der Waals surface area contributed by atoms with Crippen LogP contribution in [0.5, 0.6) is 11.5 Å². The van der Waals surface area contributed by atoms with Crippen LogP contribution in [0.15, 0.2) is 36.4 Å². The van der Waals surface area contributed by atoms with Gasteiger partial charge in [0.25, 0.3) is 5.72 Å². The highest BCUT2D eigenvalue weighted by molar-refractivity contribution is 8.13. The van der Waals surface area contributed by atoms with Gasteiger partial charge in [-0.25, -0.2) is 9.48 Å². The average molecular weight is 400 g/mol. The Morgan fingerprint density at radius 2 is 1.89 bits per heavy atom. The molecule has 2 aromatic rings. The monoisotopic (exact) mass is 399 g/mol. The molecule has 6 heteroatoms. The topological polar surface area (TPSA) is 44.9 Å². The van der Waals surface area contributed by atoms with E-state index in [4.69, 9.17) is 9.47 Å². The highest BCUT2D eigenvalue weighted by atomic mass is 32.2. The second kappa shape index (κ2) is 7.33. The van der Waals surface area contributed by atoms with Crippen LogP contribution in [0.2, 0.25) is 0 Å². The van der Waals surface area contributed by atoms with Crippen LogP contribution in [0.4, 0.5) is 5.69 Å². The molecule has 1 unspecified atom stereocenters. The van der Waals surface area contributed by atoms with E-state index in [2.05, 4.69) is 41.5 Å². The Kier molecular flexibility index (Phi) is 5.02. The number of nitrogens with zero attached hydrogens (tertiary/aromatic N) is 2. The number of methoxy groups -OCH3 is 2. The van der Waals surface area contributed by atoms with E-state index in [0.29, 0.717) is 18.0 Å². The molecule has 0 aromatic heterocycles. The van der Waals surface area contributed by atoms with Gasteiger partial charge < -0.3 is 14.6 Å². The molecular weight excluding hydrogens is 372 g/mol. The second-order valence-electron chi connectivity index (χ2n) is 7.33. The summed E-state index contributed by atoms with van der Waals surface area (Å²) in [5.74, 6) is 2.36. The van der Waals surface area contributed by atoms with E-state index in [1.54, 1.807) is 14.2 Å². The van der Waals surface area contributed by atoms with Crippen LogP contribution in [0.1, 0.15) is 23.1 Å². The molecule has 0 radical (unpaired) electrons. The van der Waals surface area contributed by atoms with E-state index < -0.39 is 5.72 Å². The minimum atomic E-state index is -1.11. The smallest absolute Gasteiger partial charge is 0.316 e. The van der Waals surface area contributed by atoms with Crippen molar-refractivity contribution < 1.29 is 19.2 Å². The number of anilines is 1. The van der Waals surface area contributed by atoms with Gasteiger partial charge in [-0.2, -0.15) is 0 Å². The maximum Gasteiger partial charge on any atom is 0.316 e. The van der Waals surface area contributed by atoms with Crippen molar-refractivity contribution in [1.82, 2.24) is 0 Å². The number of aryl methyl sites for hydroxylation is 1. The number of ether oxygens (including phenoxy) is 2. The third kappa shape index (κ3) is 2.95. The van der Waals surface area contributed by atoms with Gasteiger partial charge in [-0.3, -0.25) is 0 Å². The first-order valence-corrected chi connectivity index (χ1v) is 10.5. The van der Waals surface area contributed by atoms with Gasteiger partial charge in [0.15, 0.2) is 18.0 Å². The Hall–Kier alpha value is -2.18. The molecule has 2 aliphatic heterocycles. The van der Waals surface area contributed by atoms with Gasteiger partial charge in [0.1, 0.15) is 5.69 Å². The molecule has 0 fully saturated rings. The van der Waals surface area contributed by atoms with Gasteiger partial charge in [0.05, 0.1) is 20.8 Å². The van der Waals surface area contributed by atoms with E-state index in [1.807, 2.05) is 30.0 Å². The maximum absolute atomic E-state index is 11.9. The highest BCUT2D eigenvalue weighted by Gasteiger charge is 2.53. The lowest BCUT2D eigenvalue weighted by Crippen LogP contribution is -2.41. The summed E-state index contributed by atoms with van der Waals surface area (Å²) in [5, 5.41) is 13.0. The Bertz CT molecular complexity index is 943. The first kappa shape index (κ1) is 19.2. The van der Waals surface area contributed by atoms with Gasteiger partial charge >= 0.3 is 5.17 Å².